The summed E-state index contributed by atoms with van der Waals surface area (Å²) in [4.78, 5) is 3.69. The SMILES string of the molecule is CNCc1cc(S(=O)(=O)c2ccc(C#N)nc2)n(-c2ccccc2F)n1. The average molecular weight is 371 g/mol. The first kappa shape index (κ1) is 17.7. The number of sulfone groups is 1. The molecule has 0 unspecified atom stereocenters. The minimum atomic E-state index is -4.02. The molecule has 1 N–H and O–H groups in total. The van der Waals surface area contributed by atoms with Crippen LogP contribution in [0.15, 0.2) is 58.6 Å². The maximum atomic E-state index is 14.2. The van der Waals surface area contributed by atoms with Gasteiger partial charge in [0.05, 0.1) is 10.6 Å². The fraction of sp³-hybridized carbons (Fsp3) is 0.118. The van der Waals surface area contributed by atoms with E-state index in [9.17, 15) is 12.8 Å². The second-order valence-corrected chi connectivity index (χ2v) is 7.26. The van der Waals surface area contributed by atoms with Crippen molar-refractivity contribution >= 4 is 9.84 Å². The molecule has 2 aromatic heterocycles. The molecule has 0 amide bonds. The lowest BCUT2D eigenvalue weighted by Gasteiger charge is -2.09. The van der Waals surface area contributed by atoms with Crippen LogP contribution in [0.2, 0.25) is 0 Å². The number of hydrogen-bond acceptors (Lipinski definition) is 6. The molecule has 1 aromatic carbocycles. The smallest absolute Gasteiger partial charge is 0.225 e. The maximum absolute atomic E-state index is 14.2. The van der Waals surface area contributed by atoms with Crippen LogP contribution >= 0.6 is 0 Å². The third-order valence-corrected chi connectivity index (χ3v) is 5.31. The van der Waals surface area contributed by atoms with Gasteiger partial charge in [0, 0.05) is 18.8 Å². The predicted molar refractivity (Wildman–Crippen MR) is 90.7 cm³/mol. The number of hydrogen-bond donors (Lipinski definition) is 1. The van der Waals surface area contributed by atoms with Gasteiger partial charge in [-0.25, -0.2) is 22.5 Å². The van der Waals surface area contributed by atoms with Gasteiger partial charge in [0.1, 0.15) is 23.3 Å². The van der Waals surface area contributed by atoms with Crippen LogP contribution in [0.1, 0.15) is 11.4 Å². The summed E-state index contributed by atoms with van der Waals surface area (Å²) in [5, 5.41) is 15.7. The van der Waals surface area contributed by atoms with Crippen molar-refractivity contribution in [3.05, 3.63) is 65.9 Å². The molecular formula is C17H14FN5O2S. The van der Waals surface area contributed by atoms with Crippen LogP contribution in [0.5, 0.6) is 0 Å². The second-order valence-electron chi connectivity index (χ2n) is 5.36. The Labute approximate surface area is 149 Å². The Morgan fingerprint density at radius 2 is 2.04 bits per heavy atom. The van der Waals surface area contributed by atoms with Crippen LogP contribution in [0, 0.1) is 17.1 Å². The fourth-order valence-corrected chi connectivity index (χ4v) is 3.73. The van der Waals surface area contributed by atoms with E-state index in [-0.39, 0.29) is 21.3 Å². The monoisotopic (exact) mass is 371 g/mol. The molecular weight excluding hydrogens is 357 g/mol. The predicted octanol–water partition coefficient (Wildman–Crippen LogP) is 1.83. The zero-order chi connectivity index (χ0) is 18.7. The van der Waals surface area contributed by atoms with Crippen LogP contribution < -0.4 is 5.32 Å². The second kappa shape index (κ2) is 7.03. The number of nitrogens with one attached hydrogen (secondary N) is 1. The zero-order valence-corrected chi connectivity index (χ0v) is 14.5. The topological polar surface area (TPSA) is 101 Å². The number of nitriles is 1. The van der Waals surface area contributed by atoms with Crippen molar-refractivity contribution in [2.75, 3.05) is 7.05 Å². The number of para-hydroxylation sites is 1. The van der Waals surface area contributed by atoms with Gasteiger partial charge in [0.25, 0.3) is 0 Å². The fourth-order valence-electron chi connectivity index (χ4n) is 2.39. The first-order valence-corrected chi connectivity index (χ1v) is 9.05. The minimum absolute atomic E-state index is 0.0232. The number of aromatic nitrogens is 3. The van der Waals surface area contributed by atoms with E-state index in [2.05, 4.69) is 15.4 Å². The zero-order valence-electron chi connectivity index (χ0n) is 13.7. The molecule has 0 saturated carbocycles. The summed E-state index contributed by atoms with van der Waals surface area (Å²) in [5.74, 6) is -0.596. The van der Waals surface area contributed by atoms with Crippen molar-refractivity contribution in [3.63, 3.8) is 0 Å². The van der Waals surface area contributed by atoms with Gasteiger partial charge >= 0.3 is 0 Å². The summed E-state index contributed by atoms with van der Waals surface area (Å²) < 4.78 is 41.3. The Bertz CT molecular complexity index is 1090. The molecule has 3 rings (SSSR count). The van der Waals surface area contributed by atoms with E-state index in [1.54, 1.807) is 13.1 Å². The standard InChI is InChI=1S/C17H14FN5O2S/c1-20-10-13-8-17(23(22-13)16-5-3-2-4-15(16)18)26(24,25)14-7-6-12(9-19)21-11-14/h2-8,11,20H,10H2,1H3. The Kier molecular flexibility index (Phi) is 4.79. The van der Waals surface area contributed by atoms with Gasteiger partial charge in [-0.3, -0.25) is 0 Å². The van der Waals surface area contributed by atoms with Crippen molar-refractivity contribution in [1.29, 1.82) is 5.26 Å². The lowest BCUT2D eigenvalue weighted by molar-refractivity contribution is 0.575. The molecule has 0 bridgehead atoms. The van der Waals surface area contributed by atoms with Gasteiger partial charge in [-0.2, -0.15) is 10.4 Å². The molecule has 26 heavy (non-hydrogen) atoms. The molecule has 2 heterocycles. The lowest BCUT2D eigenvalue weighted by atomic mass is 10.3. The van der Waals surface area contributed by atoms with Crippen molar-refractivity contribution in [1.82, 2.24) is 20.1 Å². The van der Waals surface area contributed by atoms with E-state index in [1.807, 2.05) is 6.07 Å². The normalized spacial score (nSPS) is 11.3. The van der Waals surface area contributed by atoms with Crippen LogP contribution in [-0.4, -0.2) is 30.2 Å². The van der Waals surface area contributed by atoms with E-state index >= 15 is 0 Å². The summed E-state index contributed by atoms with van der Waals surface area (Å²) in [6, 6.07) is 11.6. The van der Waals surface area contributed by atoms with Crippen molar-refractivity contribution < 1.29 is 12.8 Å². The Morgan fingerprint density at radius 3 is 2.65 bits per heavy atom. The molecule has 0 saturated heterocycles. The summed E-state index contributed by atoms with van der Waals surface area (Å²) in [7, 11) is -2.33. The highest BCUT2D eigenvalue weighted by molar-refractivity contribution is 7.91. The number of benzene rings is 1. The van der Waals surface area contributed by atoms with Crippen LogP contribution in [-0.2, 0) is 16.4 Å². The summed E-state index contributed by atoms with van der Waals surface area (Å²) in [6.45, 7) is 0.315. The molecule has 3 aromatic rings. The number of nitrogens with zero attached hydrogens (tertiary/aromatic N) is 4. The first-order valence-electron chi connectivity index (χ1n) is 7.57. The van der Waals surface area contributed by atoms with Gasteiger partial charge in [-0.15, -0.1) is 0 Å². The molecule has 0 aliphatic carbocycles. The Balaban J connectivity index is 2.19. The Morgan fingerprint density at radius 1 is 1.27 bits per heavy atom. The molecule has 7 nitrogen and oxygen atoms in total. The molecule has 132 valence electrons. The van der Waals surface area contributed by atoms with Gasteiger partial charge in [0.2, 0.25) is 9.84 Å². The maximum Gasteiger partial charge on any atom is 0.225 e. The molecule has 0 fully saturated rings. The van der Waals surface area contributed by atoms with Crippen LogP contribution in [0.3, 0.4) is 0 Å². The quantitative estimate of drug-likeness (QED) is 0.734. The van der Waals surface area contributed by atoms with Crippen molar-refractivity contribution in [2.45, 2.75) is 16.5 Å². The van der Waals surface area contributed by atoms with Crippen molar-refractivity contribution in [2.24, 2.45) is 0 Å². The van der Waals surface area contributed by atoms with E-state index in [0.29, 0.717) is 12.2 Å². The van der Waals surface area contributed by atoms with Crippen LogP contribution in [0.25, 0.3) is 5.69 Å². The number of halogens is 1. The third kappa shape index (κ3) is 3.20. The molecule has 0 aliphatic rings. The van der Waals surface area contributed by atoms with Gasteiger partial charge in [0.15, 0.2) is 5.03 Å². The average Bonchev–Trinajstić information content (AvgIpc) is 3.07. The molecule has 0 radical (unpaired) electrons. The molecule has 0 aliphatic heterocycles. The first-order chi connectivity index (χ1) is 12.5. The van der Waals surface area contributed by atoms with E-state index in [0.717, 1.165) is 10.9 Å². The van der Waals surface area contributed by atoms with Crippen LogP contribution in [0.4, 0.5) is 4.39 Å². The van der Waals surface area contributed by atoms with E-state index in [1.165, 1.54) is 36.4 Å². The highest BCUT2D eigenvalue weighted by atomic mass is 32.2. The summed E-state index contributed by atoms with van der Waals surface area (Å²) >= 11 is 0. The third-order valence-electron chi connectivity index (χ3n) is 3.60. The van der Waals surface area contributed by atoms with Gasteiger partial charge in [-0.1, -0.05) is 12.1 Å². The Hall–Kier alpha value is -3.09. The van der Waals surface area contributed by atoms with Crippen molar-refractivity contribution in [3.8, 4) is 11.8 Å². The largest absolute Gasteiger partial charge is 0.314 e. The lowest BCUT2D eigenvalue weighted by Crippen LogP contribution is -2.11. The highest BCUT2D eigenvalue weighted by Gasteiger charge is 2.26. The molecule has 0 atom stereocenters. The summed E-state index contributed by atoms with van der Waals surface area (Å²) in [5.41, 5.74) is 0.563. The van der Waals surface area contributed by atoms with E-state index in [4.69, 9.17) is 5.26 Å². The highest BCUT2D eigenvalue weighted by Crippen LogP contribution is 2.25. The number of rotatable bonds is 5. The summed E-state index contributed by atoms with van der Waals surface area (Å²) in [6.07, 6.45) is 1.10. The molecule has 0 spiro atoms. The molecule has 9 heteroatoms. The van der Waals surface area contributed by atoms with E-state index < -0.39 is 15.7 Å². The minimum Gasteiger partial charge on any atom is -0.314 e. The van der Waals surface area contributed by atoms with Gasteiger partial charge < -0.3 is 5.32 Å². The van der Waals surface area contributed by atoms with Gasteiger partial charge in [-0.05, 0) is 31.3 Å². The number of pyridine rings is 1.